The summed E-state index contributed by atoms with van der Waals surface area (Å²) >= 11 is 0. The highest BCUT2D eigenvalue weighted by Gasteiger charge is 2.21. The van der Waals surface area contributed by atoms with E-state index in [4.69, 9.17) is 4.74 Å². The summed E-state index contributed by atoms with van der Waals surface area (Å²) in [4.78, 5) is 22.4. The van der Waals surface area contributed by atoms with Gasteiger partial charge in [-0.2, -0.15) is 0 Å². The van der Waals surface area contributed by atoms with Crippen molar-refractivity contribution >= 4 is 11.9 Å². The molecule has 1 unspecified atom stereocenters. The van der Waals surface area contributed by atoms with Crippen molar-refractivity contribution in [2.24, 2.45) is 0 Å². The van der Waals surface area contributed by atoms with Gasteiger partial charge in [-0.1, -0.05) is 18.2 Å². The molecule has 0 saturated carbocycles. The maximum absolute atomic E-state index is 11.3. The number of benzene rings is 1. The lowest BCUT2D eigenvalue weighted by atomic mass is 10.2. The van der Waals surface area contributed by atoms with Crippen molar-refractivity contribution in [1.82, 2.24) is 0 Å². The van der Waals surface area contributed by atoms with Crippen LogP contribution in [0.1, 0.15) is 13.3 Å². The fourth-order valence-electron chi connectivity index (χ4n) is 1.14. The summed E-state index contributed by atoms with van der Waals surface area (Å²) in [7, 11) is 0. The third kappa shape index (κ3) is 4.65. The number of para-hydroxylation sites is 1. The fourth-order valence-corrected chi connectivity index (χ4v) is 1.14. The standard InChI is InChI=1S/C12H14O5/c1-2-16-12(15)10(13)8-11(14)17-9-6-4-3-5-7-9/h3-7,10,13H,2,8H2,1H3. The van der Waals surface area contributed by atoms with Crippen LogP contribution in [0.5, 0.6) is 5.75 Å². The highest BCUT2D eigenvalue weighted by Crippen LogP contribution is 2.10. The summed E-state index contributed by atoms with van der Waals surface area (Å²) in [5, 5.41) is 9.32. The third-order valence-electron chi connectivity index (χ3n) is 1.89. The first kappa shape index (κ1) is 13.2. The predicted octanol–water partition coefficient (Wildman–Crippen LogP) is 0.906. The molecule has 1 atom stereocenters. The van der Waals surface area contributed by atoms with Crippen molar-refractivity contribution in [3.63, 3.8) is 0 Å². The average molecular weight is 238 g/mol. The summed E-state index contributed by atoms with van der Waals surface area (Å²) in [6.07, 6.45) is -1.90. The minimum atomic E-state index is -1.48. The molecule has 0 spiro atoms. The van der Waals surface area contributed by atoms with Crippen molar-refractivity contribution in [2.45, 2.75) is 19.4 Å². The van der Waals surface area contributed by atoms with Gasteiger partial charge in [0, 0.05) is 0 Å². The normalized spacial score (nSPS) is 11.6. The molecule has 1 rings (SSSR count). The van der Waals surface area contributed by atoms with Crippen LogP contribution in [-0.2, 0) is 14.3 Å². The minimum Gasteiger partial charge on any atom is -0.464 e. The molecule has 1 aromatic rings. The Morgan fingerprint density at radius 2 is 1.94 bits per heavy atom. The van der Waals surface area contributed by atoms with Crippen LogP contribution in [0.25, 0.3) is 0 Å². The lowest BCUT2D eigenvalue weighted by Gasteiger charge is -2.09. The minimum absolute atomic E-state index is 0.156. The molecule has 0 aliphatic heterocycles. The molecule has 0 bridgehead atoms. The number of aliphatic hydroxyl groups excluding tert-OH is 1. The zero-order chi connectivity index (χ0) is 12.7. The molecule has 0 aromatic heterocycles. The zero-order valence-corrected chi connectivity index (χ0v) is 9.46. The van der Waals surface area contributed by atoms with E-state index in [0.29, 0.717) is 5.75 Å². The molecule has 17 heavy (non-hydrogen) atoms. The van der Waals surface area contributed by atoms with E-state index >= 15 is 0 Å². The molecular weight excluding hydrogens is 224 g/mol. The van der Waals surface area contributed by atoms with Gasteiger partial charge in [0.25, 0.3) is 0 Å². The maximum atomic E-state index is 11.3. The van der Waals surface area contributed by atoms with E-state index in [1.807, 2.05) is 0 Å². The molecule has 0 aliphatic rings. The topological polar surface area (TPSA) is 72.8 Å². The second kappa shape index (κ2) is 6.65. The van der Waals surface area contributed by atoms with Crippen LogP contribution < -0.4 is 4.74 Å². The second-order valence-electron chi connectivity index (χ2n) is 3.26. The van der Waals surface area contributed by atoms with Crippen LogP contribution in [0.2, 0.25) is 0 Å². The van der Waals surface area contributed by atoms with Gasteiger partial charge in [-0.25, -0.2) is 4.79 Å². The molecule has 92 valence electrons. The van der Waals surface area contributed by atoms with Gasteiger partial charge in [0.15, 0.2) is 6.10 Å². The van der Waals surface area contributed by atoms with E-state index in [1.165, 1.54) is 0 Å². The van der Waals surface area contributed by atoms with E-state index in [0.717, 1.165) is 0 Å². The fraction of sp³-hybridized carbons (Fsp3) is 0.333. The molecule has 0 heterocycles. The number of esters is 2. The van der Waals surface area contributed by atoms with Gasteiger partial charge in [0.05, 0.1) is 13.0 Å². The number of aliphatic hydroxyl groups is 1. The molecule has 0 saturated heterocycles. The average Bonchev–Trinajstić information content (AvgIpc) is 2.30. The molecule has 5 nitrogen and oxygen atoms in total. The lowest BCUT2D eigenvalue weighted by molar-refractivity contribution is -0.157. The first-order chi connectivity index (χ1) is 8.13. The van der Waals surface area contributed by atoms with Crippen LogP contribution in [0.15, 0.2) is 30.3 Å². The van der Waals surface area contributed by atoms with E-state index in [-0.39, 0.29) is 6.61 Å². The van der Waals surface area contributed by atoms with Gasteiger partial charge in [-0.3, -0.25) is 4.79 Å². The van der Waals surface area contributed by atoms with Crippen molar-refractivity contribution in [3.8, 4) is 5.75 Å². The number of ether oxygens (including phenoxy) is 2. The molecule has 0 fully saturated rings. The zero-order valence-electron chi connectivity index (χ0n) is 9.46. The first-order valence-corrected chi connectivity index (χ1v) is 5.24. The largest absolute Gasteiger partial charge is 0.464 e. The quantitative estimate of drug-likeness (QED) is 0.609. The summed E-state index contributed by atoms with van der Waals surface area (Å²) in [5.74, 6) is -1.14. The van der Waals surface area contributed by atoms with E-state index < -0.39 is 24.5 Å². The molecular formula is C12H14O5. The highest BCUT2D eigenvalue weighted by molar-refractivity contribution is 5.82. The number of rotatable bonds is 5. The Kier molecular flexibility index (Phi) is 5.16. The van der Waals surface area contributed by atoms with Crippen LogP contribution >= 0.6 is 0 Å². The van der Waals surface area contributed by atoms with Crippen LogP contribution in [0.3, 0.4) is 0 Å². The Balaban J connectivity index is 2.42. The smallest absolute Gasteiger partial charge is 0.335 e. The molecule has 0 amide bonds. The van der Waals surface area contributed by atoms with Gasteiger partial charge in [-0.15, -0.1) is 0 Å². The summed E-state index contributed by atoms with van der Waals surface area (Å²) in [6.45, 7) is 1.77. The number of hydrogen-bond acceptors (Lipinski definition) is 5. The van der Waals surface area contributed by atoms with E-state index in [2.05, 4.69) is 4.74 Å². The number of carbonyl (C=O) groups is 2. The number of hydrogen-bond donors (Lipinski definition) is 1. The highest BCUT2D eigenvalue weighted by atomic mass is 16.6. The third-order valence-corrected chi connectivity index (χ3v) is 1.89. The molecule has 1 aromatic carbocycles. The Bertz CT molecular complexity index is 374. The van der Waals surface area contributed by atoms with Gasteiger partial charge >= 0.3 is 11.9 Å². The maximum Gasteiger partial charge on any atom is 0.335 e. The van der Waals surface area contributed by atoms with Crippen LogP contribution in [-0.4, -0.2) is 29.8 Å². The first-order valence-electron chi connectivity index (χ1n) is 5.24. The predicted molar refractivity (Wildman–Crippen MR) is 59.3 cm³/mol. The summed E-state index contributed by atoms with van der Waals surface area (Å²) in [5.41, 5.74) is 0. The Morgan fingerprint density at radius 3 is 2.53 bits per heavy atom. The van der Waals surface area contributed by atoms with Gasteiger partial charge < -0.3 is 14.6 Å². The van der Waals surface area contributed by atoms with E-state index in [1.54, 1.807) is 37.3 Å². The van der Waals surface area contributed by atoms with Gasteiger partial charge in [0.1, 0.15) is 5.75 Å². The van der Waals surface area contributed by atoms with Gasteiger partial charge in [-0.05, 0) is 19.1 Å². The monoisotopic (exact) mass is 238 g/mol. The molecule has 1 N–H and O–H groups in total. The number of carbonyl (C=O) groups excluding carboxylic acids is 2. The molecule has 5 heteroatoms. The summed E-state index contributed by atoms with van der Waals surface area (Å²) < 4.78 is 9.46. The van der Waals surface area contributed by atoms with Crippen molar-refractivity contribution < 1.29 is 24.2 Å². The van der Waals surface area contributed by atoms with Crippen LogP contribution in [0, 0.1) is 0 Å². The Hall–Kier alpha value is -1.88. The van der Waals surface area contributed by atoms with Gasteiger partial charge in [0.2, 0.25) is 0 Å². The Labute approximate surface area is 99.0 Å². The summed E-state index contributed by atoms with van der Waals surface area (Å²) in [6, 6.07) is 8.42. The van der Waals surface area contributed by atoms with Crippen molar-refractivity contribution in [2.75, 3.05) is 6.61 Å². The molecule has 0 radical (unpaired) electrons. The van der Waals surface area contributed by atoms with Crippen LogP contribution in [0.4, 0.5) is 0 Å². The van der Waals surface area contributed by atoms with Crippen molar-refractivity contribution in [1.29, 1.82) is 0 Å². The SMILES string of the molecule is CCOC(=O)C(O)CC(=O)Oc1ccccc1. The Morgan fingerprint density at radius 1 is 1.29 bits per heavy atom. The molecule has 0 aliphatic carbocycles. The lowest BCUT2D eigenvalue weighted by Crippen LogP contribution is -2.27. The second-order valence-corrected chi connectivity index (χ2v) is 3.26. The van der Waals surface area contributed by atoms with Crippen molar-refractivity contribution in [3.05, 3.63) is 30.3 Å². The van der Waals surface area contributed by atoms with E-state index in [9.17, 15) is 14.7 Å².